The fourth-order valence-corrected chi connectivity index (χ4v) is 3.17. The maximum absolute atomic E-state index is 11.6. The van der Waals surface area contributed by atoms with Crippen LogP contribution in [0.25, 0.3) is 0 Å². The quantitative estimate of drug-likeness (QED) is 0.784. The van der Waals surface area contributed by atoms with Crippen molar-refractivity contribution >= 4 is 17.6 Å². The number of esters is 1. The molecule has 0 N–H and O–H groups in total. The number of carbonyl (C=O) groups excluding carboxylic acids is 1. The highest BCUT2D eigenvalue weighted by Gasteiger charge is 2.40. The van der Waals surface area contributed by atoms with Gasteiger partial charge in [0.15, 0.2) is 0 Å². The van der Waals surface area contributed by atoms with Crippen LogP contribution in [0.1, 0.15) is 39.7 Å². The average molecular weight is 317 g/mol. The van der Waals surface area contributed by atoms with Crippen LogP contribution in [-0.4, -0.2) is 20.2 Å². The van der Waals surface area contributed by atoms with Crippen molar-refractivity contribution in [3.63, 3.8) is 0 Å². The Morgan fingerprint density at radius 1 is 1.14 bits per heavy atom. The van der Waals surface area contributed by atoms with Crippen LogP contribution in [-0.2, 0) is 4.74 Å². The molecule has 1 aliphatic rings. The molecule has 0 amide bonds. The van der Waals surface area contributed by atoms with E-state index in [1.807, 2.05) is 30.3 Å². The molecule has 3 nitrogen and oxygen atoms in total. The molecule has 22 heavy (non-hydrogen) atoms. The van der Waals surface area contributed by atoms with Crippen molar-refractivity contribution in [2.24, 2.45) is 0 Å². The van der Waals surface area contributed by atoms with E-state index in [9.17, 15) is 4.79 Å². The Bertz CT molecular complexity index is 711. The maximum atomic E-state index is 11.6. The van der Waals surface area contributed by atoms with Gasteiger partial charge in [-0.15, -0.1) is 0 Å². The molecule has 1 fully saturated rings. The van der Waals surface area contributed by atoms with Gasteiger partial charge in [0, 0.05) is 5.02 Å². The van der Waals surface area contributed by atoms with Crippen molar-refractivity contribution in [3.05, 3.63) is 64.2 Å². The van der Waals surface area contributed by atoms with E-state index in [-0.39, 0.29) is 5.97 Å². The van der Waals surface area contributed by atoms with Gasteiger partial charge >= 0.3 is 5.97 Å². The second-order valence-corrected chi connectivity index (χ2v) is 5.86. The van der Waals surface area contributed by atoms with Gasteiger partial charge in [-0.2, -0.15) is 0 Å². The molecule has 2 atom stereocenters. The lowest BCUT2D eigenvalue weighted by Crippen LogP contribution is -2.01. The van der Waals surface area contributed by atoms with Gasteiger partial charge < -0.3 is 9.47 Å². The zero-order chi connectivity index (χ0) is 15.7. The van der Waals surface area contributed by atoms with Crippen LogP contribution in [0.4, 0.5) is 0 Å². The van der Waals surface area contributed by atoms with Crippen LogP contribution in [0.15, 0.2) is 42.5 Å². The van der Waals surface area contributed by atoms with Gasteiger partial charge in [0.05, 0.1) is 19.8 Å². The van der Waals surface area contributed by atoms with Crippen molar-refractivity contribution in [2.75, 3.05) is 14.2 Å². The van der Waals surface area contributed by atoms with Gasteiger partial charge in [0.2, 0.25) is 0 Å². The highest BCUT2D eigenvalue weighted by molar-refractivity contribution is 6.31. The number of methoxy groups -OCH3 is 2. The number of benzene rings is 2. The van der Waals surface area contributed by atoms with Crippen molar-refractivity contribution in [2.45, 2.75) is 18.3 Å². The standard InChI is InChI=1S/C18H17ClO3/c1-21-13-6-7-14(17(19)9-13)16-10-15(16)11-4-3-5-12(8-11)18(20)22-2/h3-9,15-16H,10H2,1-2H3/t15?,16-/m1/s1. The summed E-state index contributed by atoms with van der Waals surface area (Å²) in [5, 5.41) is 0.732. The Morgan fingerprint density at radius 2 is 1.95 bits per heavy atom. The molecule has 1 aliphatic carbocycles. The molecule has 0 aliphatic heterocycles. The van der Waals surface area contributed by atoms with Gasteiger partial charge in [-0.1, -0.05) is 29.8 Å². The van der Waals surface area contributed by atoms with Crippen molar-refractivity contribution in [1.29, 1.82) is 0 Å². The lowest BCUT2D eigenvalue weighted by atomic mass is 10.0. The van der Waals surface area contributed by atoms with Gasteiger partial charge in [-0.25, -0.2) is 4.79 Å². The molecular formula is C18H17ClO3. The Morgan fingerprint density at radius 3 is 2.64 bits per heavy atom. The van der Waals surface area contributed by atoms with E-state index >= 15 is 0 Å². The molecule has 0 spiro atoms. The van der Waals surface area contributed by atoms with E-state index in [4.69, 9.17) is 21.1 Å². The topological polar surface area (TPSA) is 35.5 Å². The van der Waals surface area contributed by atoms with Crippen LogP contribution < -0.4 is 4.74 Å². The molecule has 2 aromatic rings. The van der Waals surface area contributed by atoms with Crippen LogP contribution in [0.3, 0.4) is 0 Å². The Labute approximate surface area is 134 Å². The number of hydrogen-bond donors (Lipinski definition) is 0. The molecule has 4 heteroatoms. The van der Waals surface area contributed by atoms with Crippen LogP contribution >= 0.6 is 11.6 Å². The molecule has 1 unspecified atom stereocenters. The fourth-order valence-electron chi connectivity index (χ4n) is 2.86. The Kier molecular flexibility index (Phi) is 4.08. The van der Waals surface area contributed by atoms with Crippen molar-refractivity contribution < 1.29 is 14.3 Å². The molecule has 0 saturated heterocycles. The van der Waals surface area contributed by atoms with Crippen molar-refractivity contribution in [1.82, 2.24) is 0 Å². The van der Waals surface area contributed by atoms with E-state index in [1.54, 1.807) is 13.2 Å². The zero-order valence-corrected chi connectivity index (χ0v) is 13.3. The molecular weight excluding hydrogens is 300 g/mol. The van der Waals surface area contributed by atoms with Crippen LogP contribution in [0, 0.1) is 0 Å². The van der Waals surface area contributed by atoms with E-state index in [0.29, 0.717) is 17.4 Å². The van der Waals surface area contributed by atoms with Gasteiger partial charge in [0.1, 0.15) is 5.75 Å². The van der Waals surface area contributed by atoms with E-state index in [2.05, 4.69) is 6.07 Å². The maximum Gasteiger partial charge on any atom is 0.337 e. The third-order valence-corrected chi connectivity index (χ3v) is 4.46. The second kappa shape index (κ2) is 6.01. The predicted octanol–water partition coefficient (Wildman–Crippen LogP) is 4.41. The van der Waals surface area contributed by atoms with E-state index in [0.717, 1.165) is 28.3 Å². The van der Waals surface area contributed by atoms with E-state index < -0.39 is 0 Å². The summed E-state index contributed by atoms with van der Waals surface area (Å²) >= 11 is 6.35. The summed E-state index contributed by atoms with van der Waals surface area (Å²) in [6.45, 7) is 0. The molecule has 0 heterocycles. The number of hydrogen-bond acceptors (Lipinski definition) is 3. The van der Waals surface area contributed by atoms with Crippen molar-refractivity contribution in [3.8, 4) is 5.75 Å². The average Bonchev–Trinajstić information content (AvgIpc) is 3.34. The third-order valence-electron chi connectivity index (χ3n) is 4.13. The summed E-state index contributed by atoms with van der Waals surface area (Å²) in [4.78, 5) is 11.6. The molecule has 2 aromatic carbocycles. The summed E-state index contributed by atoms with van der Waals surface area (Å²) in [6.07, 6.45) is 1.04. The molecule has 114 valence electrons. The Hall–Kier alpha value is -2.00. The van der Waals surface area contributed by atoms with Crippen LogP contribution in [0.2, 0.25) is 5.02 Å². The monoisotopic (exact) mass is 316 g/mol. The fraction of sp³-hybridized carbons (Fsp3) is 0.278. The largest absolute Gasteiger partial charge is 0.497 e. The summed E-state index contributed by atoms with van der Waals surface area (Å²) in [5.41, 5.74) is 2.88. The second-order valence-electron chi connectivity index (χ2n) is 5.45. The molecule has 0 aromatic heterocycles. The van der Waals surface area contributed by atoms with Gasteiger partial charge in [0.25, 0.3) is 0 Å². The summed E-state index contributed by atoms with van der Waals surface area (Å²) in [6, 6.07) is 13.4. The summed E-state index contributed by atoms with van der Waals surface area (Å²) in [5.74, 6) is 1.25. The van der Waals surface area contributed by atoms with Gasteiger partial charge in [-0.05, 0) is 53.6 Å². The number of carbonyl (C=O) groups is 1. The first-order valence-electron chi connectivity index (χ1n) is 7.15. The normalized spacial score (nSPS) is 19.6. The first-order valence-corrected chi connectivity index (χ1v) is 7.53. The summed E-state index contributed by atoms with van der Waals surface area (Å²) < 4.78 is 9.95. The first-order chi connectivity index (χ1) is 10.6. The molecule has 0 radical (unpaired) electrons. The highest BCUT2D eigenvalue weighted by Crippen LogP contribution is 2.56. The summed E-state index contributed by atoms with van der Waals surface area (Å²) in [7, 11) is 3.02. The minimum absolute atomic E-state index is 0.304. The third kappa shape index (κ3) is 2.81. The lowest BCUT2D eigenvalue weighted by Gasteiger charge is -2.07. The molecule has 0 bridgehead atoms. The zero-order valence-electron chi connectivity index (χ0n) is 12.5. The highest BCUT2D eigenvalue weighted by atomic mass is 35.5. The Balaban J connectivity index is 1.81. The number of ether oxygens (including phenoxy) is 2. The first kappa shape index (κ1) is 14.9. The number of halogens is 1. The van der Waals surface area contributed by atoms with Crippen LogP contribution in [0.5, 0.6) is 5.75 Å². The predicted molar refractivity (Wildman–Crippen MR) is 85.9 cm³/mol. The minimum Gasteiger partial charge on any atom is -0.497 e. The molecule has 3 rings (SSSR count). The van der Waals surface area contributed by atoms with E-state index in [1.165, 1.54) is 7.11 Å². The minimum atomic E-state index is -0.304. The molecule has 1 saturated carbocycles. The lowest BCUT2D eigenvalue weighted by molar-refractivity contribution is 0.0600. The van der Waals surface area contributed by atoms with Gasteiger partial charge in [-0.3, -0.25) is 0 Å². The smallest absolute Gasteiger partial charge is 0.337 e. The SMILES string of the molecule is COC(=O)c1cccc(C2C[C@@H]2c2ccc(OC)cc2Cl)c1. The number of rotatable bonds is 4.